The van der Waals surface area contributed by atoms with Crippen molar-refractivity contribution in [3.05, 3.63) is 134 Å². The van der Waals surface area contributed by atoms with Gasteiger partial charge in [0.05, 0.1) is 24.0 Å². The van der Waals surface area contributed by atoms with Gasteiger partial charge in [0.1, 0.15) is 10.7 Å². The fourth-order valence-electron chi connectivity index (χ4n) is 4.51. The minimum atomic E-state index is -0.272. The third-order valence-electron chi connectivity index (χ3n) is 6.42. The standard InChI is InChI=1S/C31H30N4O2S2/c1-2-17-35(31(37)27-16-10-19-38-27)20-25-15-9-18-34(25)21-28-32-26(22-39-28)30(36)33-29(23-11-5-3-6-12-23)24-13-7-4-8-14-24/h3-16,18-19,22,29H,2,17,20-21H2,1H3,(H,33,36). The predicted octanol–water partition coefficient (Wildman–Crippen LogP) is 6.63. The molecule has 2 amide bonds. The zero-order valence-electron chi connectivity index (χ0n) is 21.7. The summed E-state index contributed by atoms with van der Waals surface area (Å²) in [4.78, 5) is 33.6. The smallest absolute Gasteiger partial charge is 0.271 e. The molecule has 0 saturated carbocycles. The van der Waals surface area contributed by atoms with E-state index < -0.39 is 0 Å². The molecule has 198 valence electrons. The summed E-state index contributed by atoms with van der Waals surface area (Å²) < 4.78 is 2.10. The average Bonchev–Trinajstić information content (AvgIpc) is 3.76. The molecule has 0 aliphatic rings. The van der Waals surface area contributed by atoms with Gasteiger partial charge in [-0.1, -0.05) is 73.7 Å². The van der Waals surface area contributed by atoms with E-state index >= 15 is 0 Å². The van der Waals surface area contributed by atoms with E-state index in [1.54, 1.807) is 0 Å². The molecule has 1 N–H and O–H groups in total. The highest BCUT2D eigenvalue weighted by Gasteiger charge is 2.21. The SMILES string of the molecule is CCCN(Cc1cccn1Cc1nc(C(=O)NC(c2ccccc2)c2ccccc2)cs1)C(=O)c1cccs1. The highest BCUT2D eigenvalue weighted by Crippen LogP contribution is 2.23. The summed E-state index contributed by atoms with van der Waals surface area (Å²) in [5, 5.41) is 7.74. The normalized spacial score (nSPS) is 11.0. The molecule has 0 unspecified atom stereocenters. The summed E-state index contributed by atoms with van der Waals surface area (Å²) in [6.45, 7) is 3.82. The molecule has 39 heavy (non-hydrogen) atoms. The number of nitrogens with zero attached hydrogens (tertiary/aromatic N) is 3. The van der Waals surface area contributed by atoms with E-state index in [1.807, 2.05) is 107 Å². The van der Waals surface area contributed by atoms with Crippen LogP contribution >= 0.6 is 22.7 Å². The topological polar surface area (TPSA) is 67.2 Å². The molecule has 0 radical (unpaired) electrons. The van der Waals surface area contributed by atoms with Crippen LogP contribution < -0.4 is 5.32 Å². The van der Waals surface area contributed by atoms with Crippen molar-refractivity contribution in [2.45, 2.75) is 32.5 Å². The third-order valence-corrected chi connectivity index (χ3v) is 8.11. The molecule has 0 saturated heterocycles. The third kappa shape index (κ3) is 6.53. The Morgan fingerprint density at radius 1 is 0.923 bits per heavy atom. The molecule has 0 aliphatic heterocycles. The number of amides is 2. The number of thiophene rings is 1. The van der Waals surface area contributed by atoms with Crippen LogP contribution in [0.15, 0.2) is 102 Å². The van der Waals surface area contributed by atoms with Crippen LogP contribution in [0.3, 0.4) is 0 Å². The van der Waals surface area contributed by atoms with E-state index in [0.717, 1.165) is 33.1 Å². The van der Waals surface area contributed by atoms with E-state index in [4.69, 9.17) is 0 Å². The van der Waals surface area contributed by atoms with Gasteiger partial charge in [-0.2, -0.15) is 0 Å². The minimum Gasteiger partial charge on any atom is -0.343 e. The van der Waals surface area contributed by atoms with Crippen LogP contribution in [0.4, 0.5) is 0 Å². The maximum atomic E-state index is 13.3. The second-order valence-corrected chi connectivity index (χ2v) is 11.1. The lowest BCUT2D eigenvalue weighted by atomic mass is 9.98. The van der Waals surface area contributed by atoms with E-state index in [1.165, 1.54) is 22.7 Å². The predicted molar refractivity (Wildman–Crippen MR) is 157 cm³/mol. The van der Waals surface area contributed by atoms with Gasteiger partial charge in [0.25, 0.3) is 11.8 Å². The zero-order chi connectivity index (χ0) is 27.0. The highest BCUT2D eigenvalue weighted by molar-refractivity contribution is 7.12. The molecule has 0 aliphatic carbocycles. The molecular weight excluding hydrogens is 525 g/mol. The van der Waals surface area contributed by atoms with Crippen molar-refractivity contribution >= 4 is 34.5 Å². The number of hydrogen-bond donors (Lipinski definition) is 1. The lowest BCUT2D eigenvalue weighted by molar-refractivity contribution is 0.0744. The van der Waals surface area contributed by atoms with Crippen molar-refractivity contribution in [2.24, 2.45) is 0 Å². The van der Waals surface area contributed by atoms with Gasteiger partial charge in [-0.25, -0.2) is 4.98 Å². The molecule has 0 spiro atoms. The number of nitrogens with one attached hydrogen (secondary N) is 1. The summed E-state index contributed by atoms with van der Waals surface area (Å²) in [5.74, 6) is -0.155. The van der Waals surface area contributed by atoms with Crippen molar-refractivity contribution in [1.82, 2.24) is 19.8 Å². The molecule has 8 heteroatoms. The lowest BCUT2D eigenvalue weighted by Crippen LogP contribution is -2.31. The summed E-state index contributed by atoms with van der Waals surface area (Å²) >= 11 is 2.93. The first-order valence-electron chi connectivity index (χ1n) is 12.9. The molecule has 3 aromatic heterocycles. The molecule has 5 rings (SSSR count). The maximum Gasteiger partial charge on any atom is 0.271 e. The Bertz CT molecular complexity index is 1450. The Hall–Kier alpha value is -4.01. The Balaban J connectivity index is 1.29. The van der Waals surface area contributed by atoms with Gasteiger partial charge in [-0.3, -0.25) is 9.59 Å². The number of hydrogen-bond acceptors (Lipinski definition) is 5. The van der Waals surface area contributed by atoms with Crippen LogP contribution in [-0.2, 0) is 13.1 Å². The summed E-state index contributed by atoms with van der Waals surface area (Å²) in [6, 6.07) is 27.4. The van der Waals surface area contributed by atoms with Crippen LogP contribution in [-0.4, -0.2) is 32.8 Å². The van der Waals surface area contributed by atoms with Gasteiger partial charge >= 0.3 is 0 Å². The van der Waals surface area contributed by atoms with Crippen LogP contribution in [0.1, 0.15) is 61.4 Å². The first kappa shape index (κ1) is 26.6. The first-order chi connectivity index (χ1) is 19.1. The quantitative estimate of drug-likeness (QED) is 0.199. The van der Waals surface area contributed by atoms with E-state index in [9.17, 15) is 9.59 Å². The van der Waals surface area contributed by atoms with Crippen LogP contribution in [0.25, 0.3) is 0 Å². The molecule has 5 aromatic rings. The van der Waals surface area contributed by atoms with Gasteiger partial charge in [-0.05, 0) is 41.1 Å². The summed E-state index contributed by atoms with van der Waals surface area (Å²) in [7, 11) is 0. The van der Waals surface area contributed by atoms with Crippen molar-refractivity contribution in [1.29, 1.82) is 0 Å². The zero-order valence-corrected chi connectivity index (χ0v) is 23.3. The fourth-order valence-corrected chi connectivity index (χ4v) is 5.97. The van der Waals surface area contributed by atoms with E-state index in [2.05, 4.69) is 21.8 Å². The Kier molecular flexibility index (Phi) is 8.65. The number of aromatic nitrogens is 2. The van der Waals surface area contributed by atoms with Crippen molar-refractivity contribution in [2.75, 3.05) is 6.54 Å². The number of carbonyl (C=O) groups is 2. The second-order valence-electron chi connectivity index (χ2n) is 9.19. The second kappa shape index (κ2) is 12.7. The molecule has 0 atom stereocenters. The molecule has 2 aromatic carbocycles. The van der Waals surface area contributed by atoms with Gasteiger partial charge < -0.3 is 14.8 Å². The minimum absolute atomic E-state index is 0.0548. The van der Waals surface area contributed by atoms with Crippen molar-refractivity contribution < 1.29 is 9.59 Å². The maximum absolute atomic E-state index is 13.3. The molecule has 0 fully saturated rings. The number of benzene rings is 2. The van der Waals surface area contributed by atoms with Gasteiger partial charge in [0.2, 0.25) is 0 Å². The van der Waals surface area contributed by atoms with Crippen molar-refractivity contribution in [3.63, 3.8) is 0 Å². The summed E-state index contributed by atoms with van der Waals surface area (Å²) in [6.07, 6.45) is 2.88. The molecule has 6 nitrogen and oxygen atoms in total. The lowest BCUT2D eigenvalue weighted by Gasteiger charge is -2.22. The van der Waals surface area contributed by atoms with Gasteiger partial charge in [-0.15, -0.1) is 22.7 Å². The van der Waals surface area contributed by atoms with Gasteiger partial charge in [0, 0.05) is 23.8 Å². The van der Waals surface area contributed by atoms with Crippen LogP contribution in [0, 0.1) is 0 Å². The molecule has 0 bridgehead atoms. The Morgan fingerprint density at radius 2 is 1.64 bits per heavy atom. The monoisotopic (exact) mass is 554 g/mol. The first-order valence-corrected chi connectivity index (χ1v) is 14.7. The Labute approximate surface area is 236 Å². The number of thiazole rings is 1. The number of carbonyl (C=O) groups excluding carboxylic acids is 2. The van der Waals surface area contributed by atoms with Crippen LogP contribution in [0.5, 0.6) is 0 Å². The Morgan fingerprint density at radius 3 is 2.28 bits per heavy atom. The van der Waals surface area contributed by atoms with E-state index in [0.29, 0.717) is 25.3 Å². The fraction of sp³-hybridized carbons (Fsp3) is 0.194. The highest BCUT2D eigenvalue weighted by atomic mass is 32.1. The van der Waals surface area contributed by atoms with Gasteiger partial charge in [0.15, 0.2) is 0 Å². The molecular formula is C31H30N4O2S2. The largest absolute Gasteiger partial charge is 0.343 e. The summed E-state index contributed by atoms with van der Waals surface area (Å²) in [5.41, 5.74) is 3.46. The molecule has 3 heterocycles. The van der Waals surface area contributed by atoms with Crippen molar-refractivity contribution in [3.8, 4) is 0 Å². The average molecular weight is 555 g/mol. The van der Waals surface area contributed by atoms with E-state index in [-0.39, 0.29) is 17.9 Å². The number of rotatable bonds is 11. The van der Waals surface area contributed by atoms with Crippen LogP contribution in [0.2, 0.25) is 0 Å².